The highest BCUT2D eigenvalue weighted by molar-refractivity contribution is 7.47. The van der Waals surface area contributed by atoms with E-state index in [0.717, 1.165) is 108 Å². The van der Waals surface area contributed by atoms with Crippen molar-refractivity contribution in [3.63, 3.8) is 0 Å². The first-order chi connectivity index (χ1) is 52.3. The molecule has 0 rings (SSSR count). The van der Waals surface area contributed by atoms with Gasteiger partial charge in [0.25, 0.3) is 0 Å². The van der Waals surface area contributed by atoms with Crippen LogP contribution in [0.1, 0.15) is 472 Å². The van der Waals surface area contributed by atoms with Gasteiger partial charge in [0.2, 0.25) is 0 Å². The van der Waals surface area contributed by atoms with Gasteiger partial charge in [-0.05, 0) is 43.4 Å². The van der Waals surface area contributed by atoms with E-state index in [-0.39, 0.29) is 25.7 Å². The van der Waals surface area contributed by atoms with Gasteiger partial charge in [-0.1, -0.05) is 421 Å². The molecule has 0 saturated heterocycles. The van der Waals surface area contributed by atoms with E-state index >= 15 is 0 Å². The van der Waals surface area contributed by atoms with E-state index in [4.69, 9.17) is 37.0 Å². The number of esters is 4. The summed E-state index contributed by atoms with van der Waals surface area (Å²) in [6, 6.07) is 0. The third-order valence-electron chi connectivity index (χ3n) is 21.2. The molecule has 3 N–H and O–H groups in total. The van der Waals surface area contributed by atoms with Gasteiger partial charge in [0.05, 0.1) is 26.4 Å². The molecule has 108 heavy (non-hydrogen) atoms. The lowest BCUT2D eigenvalue weighted by atomic mass is 9.99. The molecule has 0 radical (unpaired) electrons. The molecule has 0 aliphatic heterocycles. The van der Waals surface area contributed by atoms with Gasteiger partial charge in [-0.25, -0.2) is 9.13 Å². The van der Waals surface area contributed by atoms with Crippen LogP contribution in [0, 0.1) is 17.8 Å². The predicted molar refractivity (Wildman–Crippen MR) is 446 cm³/mol. The van der Waals surface area contributed by atoms with E-state index in [9.17, 15) is 43.2 Å². The number of carbonyl (C=O) groups excluding carboxylic acids is 4. The Labute approximate surface area is 664 Å². The van der Waals surface area contributed by atoms with Crippen molar-refractivity contribution in [1.82, 2.24) is 0 Å². The van der Waals surface area contributed by atoms with Crippen molar-refractivity contribution in [1.29, 1.82) is 0 Å². The zero-order chi connectivity index (χ0) is 79.3. The average Bonchev–Trinajstić information content (AvgIpc) is 0.891. The summed E-state index contributed by atoms with van der Waals surface area (Å²) in [6.07, 6.45) is 70.8. The molecule has 0 aromatic rings. The van der Waals surface area contributed by atoms with Crippen molar-refractivity contribution in [3.8, 4) is 0 Å². The number of unbranched alkanes of at least 4 members (excludes halogenated alkanes) is 54. The van der Waals surface area contributed by atoms with Crippen LogP contribution in [-0.2, 0) is 65.4 Å². The predicted octanol–water partition coefficient (Wildman–Crippen LogP) is 27.3. The van der Waals surface area contributed by atoms with Gasteiger partial charge in [-0.15, -0.1) is 0 Å². The Hall–Kier alpha value is -1.94. The van der Waals surface area contributed by atoms with Crippen molar-refractivity contribution in [2.75, 3.05) is 39.6 Å². The minimum atomic E-state index is -4.97. The molecule has 3 unspecified atom stereocenters. The summed E-state index contributed by atoms with van der Waals surface area (Å²) >= 11 is 0. The third kappa shape index (κ3) is 80.7. The van der Waals surface area contributed by atoms with Crippen LogP contribution in [0.3, 0.4) is 0 Å². The molecule has 6 atom stereocenters. The summed E-state index contributed by atoms with van der Waals surface area (Å²) < 4.78 is 68.9. The van der Waals surface area contributed by atoms with E-state index < -0.39 is 97.5 Å². The second-order valence-corrected chi connectivity index (χ2v) is 36.1. The standard InChI is InChI=1S/C89H174O17P2/c1-8-10-11-12-13-39-49-56-63-70-86(91)99-76-84(105-88(93)73-66-59-52-45-38-32-26-20-22-28-34-41-47-54-61-68-81(5)6)78-103-107(95,96)101-74-83(90)75-102-108(97,98)104-79-85(77-100-87(92)71-64-57-50-43-36-30-24-19-18-21-27-33-40-46-53-60-67-80(3)4)106-89(94)72-65-58-51-44-37-31-25-17-15-14-16-23-29-35-42-48-55-62-69-82(7)9-2/h80-85,90H,8-79H2,1-7H3,(H,95,96)(H,97,98)/t82?,83-,84+,85+/m0/s1. The Bertz CT molecular complexity index is 2080. The van der Waals surface area contributed by atoms with Crippen LogP contribution in [0.15, 0.2) is 0 Å². The molecule has 0 amide bonds. The molecular weight excluding hydrogens is 1400 g/mol. The monoisotopic (exact) mass is 1580 g/mol. The Morgan fingerprint density at radius 2 is 0.472 bits per heavy atom. The number of ether oxygens (including phenoxy) is 4. The maximum Gasteiger partial charge on any atom is 0.472 e. The lowest BCUT2D eigenvalue weighted by Crippen LogP contribution is -2.30. The molecule has 0 aromatic carbocycles. The van der Waals surface area contributed by atoms with E-state index in [2.05, 4.69) is 48.5 Å². The van der Waals surface area contributed by atoms with Gasteiger partial charge in [-0.2, -0.15) is 0 Å². The van der Waals surface area contributed by atoms with Crippen molar-refractivity contribution in [2.45, 2.75) is 491 Å². The van der Waals surface area contributed by atoms with Gasteiger partial charge in [0.15, 0.2) is 12.2 Å². The second kappa shape index (κ2) is 78.9. The summed E-state index contributed by atoms with van der Waals surface area (Å²) in [5.41, 5.74) is 0. The highest BCUT2D eigenvalue weighted by atomic mass is 31.2. The minimum Gasteiger partial charge on any atom is -0.462 e. The van der Waals surface area contributed by atoms with Crippen LogP contribution in [0.4, 0.5) is 0 Å². The zero-order valence-corrected chi connectivity index (χ0v) is 73.1. The smallest absolute Gasteiger partial charge is 0.462 e. The largest absolute Gasteiger partial charge is 0.472 e. The number of hydrogen-bond acceptors (Lipinski definition) is 15. The molecule has 0 bridgehead atoms. The summed E-state index contributed by atoms with van der Waals surface area (Å²) in [6.45, 7) is 12.1. The number of hydrogen-bond donors (Lipinski definition) is 3. The van der Waals surface area contributed by atoms with Crippen molar-refractivity contribution in [2.24, 2.45) is 17.8 Å². The fourth-order valence-corrected chi connectivity index (χ4v) is 15.4. The van der Waals surface area contributed by atoms with Crippen LogP contribution >= 0.6 is 15.6 Å². The number of phosphoric ester groups is 2. The first-order valence-corrected chi connectivity index (χ1v) is 48.9. The minimum absolute atomic E-state index is 0.108. The van der Waals surface area contributed by atoms with Gasteiger partial charge in [-0.3, -0.25) is 37.3 Å². The molecule has 0 heterocycles. The number of aliphatic hydroxyl groups is 1. The molecule has 642 valence electrons. The second-order valence-electron chi connectivity index (χ2n) is 33.2. The summed E-state index contributed by atoms with van der Waals surface area (Å²) in [7, 11) is -9.93. The summed E-state index contributed by atoms with van der Waals surface area (Å²) in [5, 5.41) is 10.7. The van der Waals surface area contributed by atoms with Crippen molar-refractivity contribution in [3.05, 3.63) is 0 Å². The van der Waals surface area contributed by atoms with Gasteiger partial charge >= 0.3 is 39.5 Å². The Kier molecular flexibility index (Phi) is 77.5. The van der Waals surface area contributed by atoms with Gasteiger partial charge in [0.1, 0.15) is 19.3 Å². The molecular formula is C89H174O17P2. The third-order valence-corrected chi connectivity index (χ3v) is 23.1. The maximum atomic E-state index is 13.2. The zero-order valence-electron chi connectivity index (χ0n) is 71.3. The van der Waals surface area contributed by atoms with Crippen LogP contribution in [0.2, 0.25) is 0 Å². The molecule has 0 aliphatic carbocycles. The number of rotatable bonds is 87. The van der Waals surface area contributed by atoms with Crippen LogP contribution in [0.5, 0.6) is 0 Å². The lowest BCUT2D eigenvalue weighted by molar-refractivity contribution is -0.161. The van der Waals surface area contributed by atoms with E-state index in [0.29, 0.717) is 25.7 Å². The maximum absolute atomic E-state index is 13.2. The lowest BCUT2D eigenvalue weighted by Gasteiger charge is -2.21. The van der Waals surface area contributed by atoms with Crippen LogP contribution < -0.4 is 0 Å². The number of aliphatic hydroxyl groups excluding tert-OH is 1. The molecule has 0 fully saturated rings. The molecule has 17 nitrogen and oxygen atoms in total. The van der Waals surface area contributed by atoms with Crippen LogP contribution in [-0.4, -0.2) is 96.7 Å². The highest BCUT2D eigenvalue weighted by Crippen LogP contribution is 2.45. The fourth-order valence-electron chi connectivity index (χ4n) is 13.9. The highest BCUT2D eigenvalue weighted by Gasteiger charge is 2.31. The van der Waals surface area contributed by atoms with Crippen molar-refractivity contribution < 1.29 is 80.2 Å². The quantitative estimate of drug-likeness (QED) is 0.0222. The van der Waals surface area contributed by atoms with Crippen molar-refractivity contribution >= 4 is 39.5 Å². The Morgan fingerprint density at radius 1 is 0.269 bits per heavy atom. The molecule has 0 spiro atoms. The van der Waals surface area contributed by atoms with E-state index in [1.807, 2.05) is 0 Å². The van der Waals surface area contributed by atoms with E-state index in [1.54, 1.807) is 0 Å². The molecule has 0 aliphatic rings. The fraction of sp³-hybridized carbons (Fsp3) is 0.955. The summed E-state index contributed by atoms with van der Waals surface area (Å²) in [4.78, 5) is 73.3. The number of carbonyl (C=O) groups is 4. The van der Waals surface area contributed by atoms with Gasteiger partial charge < -0.3 is 33.8 Å². The number of phosphoric acid groups is 2. The topological polar surface area (TPSA) is 237 Å². The first-order valence-electron chi connectivity index (χ1n) is 45.9. The normalized spacial score (nSPS) is 14.1. The van der Waals surface area contributed by atoms with Gasteiger partial charge in [0, 0.05) is 25.7 Å². The Balaban J connectivity index is 5.20. The first kappa shape index (κ1) is 106. The molecule has 0 saturated carbocycles. The Morgan fingerprint density at radius 3 is 0.704 bits per heavy atom. The molecule has 19 heteroatoms. The summed E-state index contributed by atoms with van der Waals surface area (Å²) in [5.74, 6) is 0.385. The average molecular weight is 1580 g/mol. The SMILES string of the molecule is CCCCCCCCCCCC(=O)OC[C@H](COP(=O)(O)OC[C@H](O)COP(=O)(O)OC[C@@H](COC(=O)CCCCCCCCCCCCCCCCCCC(C)C)OC(=O)CCCCCCCCCCCCCCCCCCCCC(C)CC)OC(=O)CCCCCCCCCCCCCCCCCC(C)C. The van der Waals surface area contributed by atoms with E-state index in [1.165, 1.54) is 283 Å². The van der Waals surface area contributed by atoms with Crippen LogP contribution in [0.25, 0.3) is 0 Å². The molecule has 0 aromatic heterocycles.